The minimum Gasteiger partial charge on any atom is -0.494 e. The summed E-state index contributed by atoms with van der Waals surface area (Å²) in [6.45, 7) is 0.322. The molecule has 10 heteroatoms. The lowest BCUT2D eigenvalue weighted by Crippen LogP contribution is -2.49. The van der Waals surface area contributed by atoms with Crippen LogP contribution in [0.3, 0.4) is 0 Å². The van der Waals surface area contributed by atoms with E-state index in [1.165, 1.54) is 4.90 Å². The van der Waals surface area contributed by atoms with Crippen molar-refractivity contribution in [3.8, 4) is 5.75 Å². The van der Waals surface area contributed by atoms with Crippen LogP contribution in [0.5, 0.6) is 5.75 Å². The first-order valence-corrected chi connectivity index (χ1v) is 10.6. The zero-order valence-corrected chi connectivity index (χ0v) is 17.9. The number of ketones is 1. The monoisotopic (exact) mass is 447 g/mol. The molecule has 1 fully saturated rings. The van der Waals surface area contributed by atoms with Crippen LogP contribution in [0.2, 0.25) is 0 Å². The van der Waals surface area contributed by atoms with Crippen LogP contribution in [0.15, 0.2) is 24.3 Å². The van der Waals surface area contributed by atoms with Gasteiger partial charge in [0.25, 0.3) is 0 Å². The van der Waals surface area contributed by atoms with Gasteiger partial charge < -0.3 is 25.4 Å². The highest BCUT2D eigenvalue weighted by Gasteiger charge is 2.34. The quantitative estimate of drug-likeness (QED) is 0.208. The van der Waals surface area contributed by atoms with Gasteiger partial charge in [0.15, 0.2) is 6.29 Å². The first kappa shape index (κ1) is 25.0. The van der Waals surface area contributed by atoms with Gasteiger partial charge >= 0.3 is 0 Å². The molecule has 0 radical (unpaired) electrons. The van der Waals surface area contributed by atoms with E-state index in [0.717, 1.165) is 12.0 Å². The number of aliphatic hydroxyl groups excluding tert-OH is 1. The number of hydrogen-bond acceptors (Lipinski definition) is 7. The number of hydrogen-bond donors (Lipinski definition) is 3. The molecule has 1 heterocycles. The predicted octanol–water partition coefficient (Wildman–Crippen LogP) is -0.628. The van der Waals surface area contributed by atoms with Crippen molar-refractivity contribution in [3.05, 3.63) is 29.8 Å². The highest BCUT2D eigenvalue weighted by molar-refractivity contribution is 6.26. The molecule has 0 spiro atoms. The molecular weight excluding hydrogens is 418 g/mol. The van der Waals surface area contributed by atoms with Crippen molar-refractivity contribution in [1.29, 1.82) is 0 Å². The highest BCUT2D eigenvalue weighted by Crippen LogP contribution is 2.17. The SMILES string of the molecule is O=CC(=O)CNC(=O)C1CCCN1C(=O)CNC(=O)Cc1cccc(OCCCCO)c1. The zero-order valence-electron chi connectivity index (χ0n) is 17.9. The third-order valence-corrected chi connectivity index (χ3v) is 4.97. The Morgan fingerprint density at radius 3 is 2.72 bits per heavy atom. The highest BCUT2D eigenvalue weighted by atomic mass is 16.5. The molecular formula is C22H29N3O7. The number of aldehydes is 1. The first-order chi connectivity index (χ1) is 15.4. The summed E-state index contributed by atoms with van der Waals surface area (Å²) in [5.41, 5.74) is 0.730. The number of likely N-dealkylation sites (tertiary alicyclic amines) is 1. The van der Waals surface area contributed by atoms with E-state index in [1.54, 1.807) is 24.3 Å². The Morgan fingerprint density at radius 2 is 1.97 bits per heavy atom. The minimum absolute atomic E-state index is 0.0683. The van der Waals surface area contributed by atoms with Crippen molar-refractivity contribution in [2.75, 3.05) is 32.8 Å². The molecule has 10 nitrogen and oxygen atoms in total. The molecule has 0 saturated carbocycles. The Morgan fingerprint density at radius 1 is 1.16 bits per heavy atom. The summed E-state index contributed by atoms with van der Waals surface area (Å²) in [6, 6.07) is 6.37. The molecule has 32 heavy (non-hydrogen) atoms. The zero-order chi connectivity index (χ0) is 23.3. The maximum Gasteiger partial charge on any atom is 0.243 e. The van der Waals surface area contributed by atoms with E-state index in [4.69, 9.17) is 9.84 Å². The fraction of sp³-hybridized carbons (Fsp3) is 0.500. The standard InChI is InChI=1S/C22H29N3O7/c26-9-1-2-10-32-18-6-3-5-16(11-18)12-20(29)23-14-21(30)25-8-4-7-19(25)22(31)24-13-17(28)15-27/h3,5-6,11,15,19,26H,1-2,4,7-10,12-14H2,(H,23,29)(H,24,31). The van der Waals surface area contributed by atoms with Gasteiger partial charge in [-0.05, 0) is 43.4 Å². The van der Waals surface area contributed by atoms with Crippen molar-refractivity contribution in [3.63, 3.8) is 0 Å². The molecule has 0 aliphatic carbocycles. The number of nitrogens with one attached hydrogen (secondary N) is 2. The van der Waals surface area contributed by atoms with E-state index in [9.17, 15) is 24.0 Å². The molecule has 3 N–H and O–H groups in total. The summed E-state index contributed by atoms with van der Waals surface area (Å²) in [7, 11) is 0. The second kappa shape index (κ2) is 13.2. The molecule has 1 aromatic carbocycles. The van der Waals surface area contributed by atoms with Crippen molar-refractivity contribution in [1.82, 2.24) is 15.5 Å². The number of amides is 3. The second-order valence-corrected chi connectivity index (χ2v) is 7.43. The summed E-state index contributed by atoms with van der Waals surface area (Å²) in [5, 5.41) is 13.7. The lowest BCUT2D eigenvalue weighted by atomic mass is 10.1. The van der Waals surface area contributed by atoms with Crippen LogP contribution in [-0.2, 0) is 30.4 Å². The van der Waals surface area contributed by atoms with E-state index in [0.29, 0.717) is 38.2 Å². The van der Waals surface area contributed by atoms with Crippen LogP contribution < -0.4 is 15.4 Å². The van der Waals surface area contributed by atoms with E-state index in [2.05, 4.69) is 10.6 Å². The molecule has 0 aromatic heterocycles. The number of rotatable bonds is 13. The number of aliphatic hydroxyl groups is 1. The number of carbonyl (C=O) groups is 5. The molecule has 0 bridgehead atoms. The van der Waals surface area contributed by atoms with E-state index in [1.807, 2.05) is 0 Å². The molecule has 3 amide bonds. The van der Waals surface area contributed by atoms with Crippen molar-refractivity contribution in [2.24, 2.45) is 0 Å². The summed E-state index contributed by atoms with van der Waals surface area (Å²) in [6.07, 6.45) is 2.67. The van der Waals surface area contributed by atoms with Crippen LogP contribution in [0.1, 0.15) is 31.2 Å². The molecule has 1 saturated heterocycles. The van der Waals surface area contributed by atoms with E-state index >= 15 is 0 Å². The van der Waals surface area contributed by atoms with E-state index in [-0.39, 0.29) is 31.8 Å². The van der Waals surface area contributed by atoms with Gasteiger partial charge in [0.1, 0.15) is 11.8 Å². The number of ether oxygens (including phenoxy) is 1. The van der Waals surface area contributed by atoms with Crippen LogP contribution in [-0.4, -0.2) is 78.7 Å². The maximum absolute atomic E-state index is 12.5. The molecule has 1 aliphatic heterocycles. The number of nitrogens with zero attached hydrogens (tertiary/aromatic N) is 1. The number of unbranched alkanes of at least 4 members (excludes halogenated alkanes) is 1. The average molecular weight is 447 g/mol. The van der Waals surface area contributed by atoms with Crippen molar-refractivity contribution >= 4 is 29.8 Å². The summed E-state index contributed by atoms with van der Waals surface area (Å²) < 4.78 is 5.59. The smallest absolute Gasteiger partial charge is 0.243 e. The molecule has 174 valence electrons. The Kier molecular flexibility index (Phi) is 10.3. The molecule has 1 unspecified atom stereocenters. The van der Waals surface area contributed by atoms with Crippen LogP contribution in [0.25, 0.3) is 0 Å². The minimum atomic E-state index is -0.749. The third kappa shape index (κ3) is 8.10. The Balaban J connectivity index is 1.79. The van der Waals surface area contributed by atoms with Gasteiger partial charge in [-0.1, -0.05) is 12.1 Å². The maximum atomic E-state index is 12.5. The average Bonchev–Trinajstić information content (AvgIpc) is 3.29. The van der Waals surface area contributed by atoms with Gasteiger partial charge in [0.2, 0.25) is 23.5 Å². The molecule has 1 atom stereocenters. The predicted molar refractivity (Wildman–Crippen MR) is 114 cm³/mol. The van der Waals surface area contributed by atoms with Gasteiger partial charge in [-0.3, -0.25) is 24.0 Å². The first-order valence-electron chi connectivity index (χ1n) is 10.6. The number of benzene rings is 1. The van der Waals surface area contributed by atoms with Gasteiger partial charge in [-0.25, -0.2) is 0 Å². The Bertz CT molecular complexity index is 827. The van der Waals surface area contributed by atoms with Crippen molar-refractivity contribution < 1.29 is 33.8 Å². The van der Waals surface area contributed by atoms with Gasteiger partial charge in [-0.2, -0.15) is 0 Å². The molecule has 2 rings (SSSR count). The topological polar surface area (TPSA) is 142 Å². The molecule has 1 aliphatic rings. The van der Waals surface area contributed by atoms with Gasteiger partial charge in [-0.15, -0.1) is 0 Å². The third-order valence-electron chi connectivity index (χ3n) is 4.97. The largest absolute Gasteiger partial charge is 0.494 e. The summed E-state index contributed by atoms with van der Waals surface area (Å²) in [4.78, 5) is 59.8. The van der Waals surface area contributed by atoms with Gasteiger partial charge in [0.05, 0.1) is 26.1 Å². The Hall–Kier alpha value is -3.27. The lowest BCUT2D eigenvalue weighted by Gasteiger charge is -2.24. The lowest BCUT2D eigenvalue weighted by molar-refractivity contribution is -0.139. The second-order valence-electron chi connectivity index (χ2n) is 7.43. The summed E-state index contributed by atoms with van der Waals surface area (Å²) >= 11 is 0. The molecule has 1 aromatic rings. The van der Waals surface area contributed by atoms with Crippen LogP contribution >= 0.6 is 0 Å². The van der Waals surface area contributed by atoms with E-state index < -0.39 is 30.2 Å². The van der Waals surface area contributed by atoms with Crippen molar-refractivity contribution in [2.45, 2.75) is 38.1 Å². The van der Waals surface area contributed by atoms with Crippen LogP contribution in [0, 0.1) is 0 Å². The summed E-state index contributed by atoms with van der Waals surface area (Å²) in [5.74, 6) is -1.34. The van der Waals surface area contributed by atoms with Crippen LogP contribution in [0.4, 0.5) is 0 Å². The number of carbonyl (C=O) groups excluding carboxylic acids is 5. The Labute approximate surface area is 186 Å². The normalized spacial score (nSPS) is 15.2. The van der Waals surface area contributed by atoms with Gasteiger partial charge in [0, 0.05) is 13.2 Å². The fourth-order valence-corrected chi connectivity index (χ4v) is 3.34. The number of Topliss-reactive ketones (excluding diaryl/α,β-unsaturated/α-hetero) is 1. The fourth-order valence-electron chi connectivity index (χ4n) is 3.34.